The lowest BCUT2D eigenvalue weighted by Crippen LogP contribution is -1.81. The van der Waals surface area contributed by atoms with Gasteiger partial charge in [-0.2, -0.15) is 5.26 Å². The molecule has 2 nitrogen and oxygen atoms in total. The Balaban J connectivity index is 2.82. The van der Waals surface area contributed by atoms with Crippen molar-refractivity contribution in [3.05, 3.63) is 28.0 Å². The molecule has 0 bridgehead atoms. The Hall–Kier alpha value is -1.18. The molecule has 0 N–H and O–H groups in total. The molecule has 0 aliphatic carbocycles. The molecule has 1 heterocycles. The number of rotatable bonds is 0. The second-order valence-electron chi connectivity index (χ2n) is 2.38. The predicted octanol–water partition coefficient (Wildman–Crippen LogP) is 2.96. The third-order valence-electron chi connectivity index (χ3n) is 1.57. The van der Waals surface area contributed by atoms with Crippen LogP contribution in [0.4, 0.5) is 4.39 Å². The Labute approximate surface area is 82.2 Å². The van der Waals surface area contributed by atoms with Gasteiger partial charge in [-0.1, -0.05) is 11.6 Å². The van der Waals surface area contributed by atoms with Crippen LogP contribution in [0.15, 0.2) is 12.1 Å². The van der Waals surface area contributed by atoms with Gasteiger partial charge in [-0.05, 0) is 12.1 Å². The van der Waals surface area contributed by atoms with Crippen LogP contribution in [0.1, 0.15) is 5.56 Å². The molecule has 13 heavy (non-hydrogen) atoms. The van der Waals surface area contributed by atoms with Crippen LogP contribution in [-0.2, 0) is 0 Å². The largest absolute Gasteiger partial charge is 0.225 e. The Morgan fingerprint density at radius 3 is 3.00 bits per heavy atom. The highest BCUT2D eigenvalue weighted by atomic mass is 35.5. The molecule has 0 atom stereocenters. The summed E-state index contributed by atoms with van der Waals surface area (Å²) in [6.07, 6.45) is 0. The van der Waals surface area contributed by atoms with Gasteiger partial charge in [-0.3, -0.25) is 0 Å². The fourth-order valence-corrected chi connectivity index (χ4v) is 2.04. The molecule has 0 radical (unpaired) electrons. The number of thiazole rings is 1. The van der Waals surface area contributed by atoms with Gasteiger partial charge in [-0.15, -0.1) is 11.3 Å². The minimum atomic E-state index is -0.532. The number of halogens is 2. The fraction of sp³-hybridized carbons (Fsp3) is 0. The summed E-state index contributed by atoms with van der Waals surface area (Å²) in [4.78, 5) is 3.93. The van der Waals surface area contributed by atoms with Crippen molar-refractivity contribution in [2.45, 2.75) is 0 Å². The van der Waals surface area contributed by atoms with Gasteiger partial charge in [0.1, 0.15) is 11.9 Å². The quantitative estimate of drug-likeness (QED) is 0.673. The zero-order valence-electron chi connectivity index (χ0n) is 6.21. The molecular weight excluding hydrogens is 211 g/mol. The Bertz CT molecular complexity index is 515. The smallest absolute Gasteiger partial charge is 0.184 e. The van der Waals surface area contributed by atoms with Crippen molar-refractivity contribution < 1.29 is 4.39 Å². The molecule has 0 saturated carbocycles. The maximum absolute atomic E-state index is 13.0. The summed E-state index contributed by atoms with van der Waals surface area (Å²) in [5.74, 6) is -0.532. The minimum Gasteiger partial charge on any atom is -0.225 e. The van der Waals surface area contributed by atoms with Crippen molar-refractivity contribution in [3.8, 4) is 6.07 Å². The van der Waals surface area contributed by atoms with Crippen LogP contribution in [0.3, 0.4) is 0 Å². The van der Waals surface area contributed by atoms with Crippen LogP contribution < -0.4 is 0 Å². The molecular formula is C8H2ClFN2S. The molecule has 2 rings (SSSR count). The van der Waals surface area contributed by atoms with E-state index < -0.39 is 5.82 Å². The summed E-state index contributed by atoms with van der Waals surface area (Å²) >= 11 is 6.82. The first-order valence-electron chi connectivity index (χ1n) is 3.36. The van der Waals surface area contributed by atoms with E-state index in [1.807, 2.05) is 0 Å². The molecule has 0 unspecified atom stereocenters. The van der Waals surface area contributed by atoms with Crippen LogP contribution in [0.5, 0.6) is 0 Å². The predicted molar refractivity (Wildman–Crippen MR) is 49.3 cm³/mol. The van der Waals surface area contributed by atoms with Crippen molar-refractivity contribution in [2.24, 2.45) is 0 Å². The van der Waals surface area contributed by atoms with Gasteiger partial charge in [-0.25, -0.2) is 9.37 Å². The van der Waals surface area contributed by atoms with Gasteiger partial charge in [0.2, 0.25) is 0 Å². The van der Waals surface area contributed by atoms with Crippen LogP contribution in [0, 0.1) is 17.1 Å². The molecule has 0 saturated heterocycles. The number of nitriles is 1. The number of nitrogens with zero attached hydrogens (tertiary/aromatic N) is 2. The van der Waals surface area contributed by atoms with Gasteiger partial charge in [0.25, 0.3) is 0 Å². The van der Waals surface area contributed by atoms with Crippen molar-refractivity contribution in [1.29, 1.82) is 5.26 Å². The van der Waals surface area contributed by atoms with Crippen LogP contribution in [0.2, 0.25) is 4.47 Å². The average Bonchev–Trinajstić information content (AvgIpc) is 2.42. The highest BCUT2D eigenvalue weighted by molar-refractivity contribution is 7.22. The van der Waals surface area contributed by atoms with Gasteiger partial charge in [0.05, 0.1) is 15.8 Å². The lowest BCUT2D eigenvalue weighted by molar-refractivity contribution is 0.626. The van der Waals surface area contributed by atoms with Gasteiger partial charge in [0.15, 0.2) is 4.47 Å². The number of hydrogen-bond donors (Lipinski definition) is 0. The molecule has 2 aromatic rings. The van der Waals surface area contributed by atoms with Crippen molar-refractivity contribution >= 4 is 33.2 Å². The van der Waals surface area contributed by atoms with E-state index in [9.17, 15) is 4.39 Å². The first-order valence-corrected chi connectivity index (χ1v) is 4.56. The number of fused-ring (bicyclic) bond motifs is 1. The van der Waals surface area contributed by atoms with E-state index in [4.69, 9.17) is 16.9 Å². The van der Waals surface area contributed by atoms with Gasteiger partial charge in [0, 0.05) is 0 Å². The van der Waals surface area contributed by atoms with Crippen LogP contribution in [-0.4, -0.2) is 4.98 Å². The van der Waals surface area contributed by atoms with E-state index in [1.165, 1.54) is 23.5 Å². The Morgan fingerprint density at radius 1 is 1.54 bits per heavy atom. The highest BCUT2D eigenvalue weighted by Gasteiger charge is 2.07. The summed E-state index contributed by atoms with van der Waals surface area (Å²) in [7, 11) is 0. The second kappa shape index (κ2) is 2.95. The maximum atomic E-state index is 13.0. The SMILES string of the molecule is N#Cc1cc2nc(Cl)sc2cc1F. The molecule has 0 aliphatic heterocycles. The molecule has 0 aliphatic rings. The average molecular weight is 213 g/mol. The zero-order chi connectivity index (χ0) is 9.42. The Morgan fingerprint density at radius 2 is 2.31 bits per heavy atom. The number of aromatic nitrogens is 1. The van der Waals surface area contributed by atoms with Crippen LogP contribution >= 0.6 is 22.9 Å². The first kappa shape index (κ1) is 8.42. The lowest BCUT2D eigenvalue weighted by Gasteiger charge is -1.91. The van der Waals surface area contributed by atoms with E-state index >= 15 is 0 Å². The van der Waals surface area contributed by atoms with Gasteiger partial charge < -0.3 is 0 Å². The maximum Gasteiger partial charge on any atom is 0.184 e. The van der Waals surface area contributed by atoms with E-state index in [1.54, 1.807) is 6.07 Å². The lowest BCUT2D eigenvalue weighted by atomic mass is 10.2. The molecule has 0 spiro atoms. The molecule has 0 amide bonds. The number of hydrogen-bond acceptors (Lipinski definition) is 3. The third-order valence-corrected chi connectivity index (χ3v) is 2.69. The van der Waals surface area contributed by atoms with E-state index in [0.29, 0.717) is 14.7 Å². The van der Waals surface area contributed by atoms with Crippen molar-refractivity contribution in [1.82, 2.24) is 4.98 Å². The summed E-state index contributed by atoms with van der Waals surface area (Å²) in [6.45, 7) is 0. The normalized spacial score (nSPS) is 10.2. The van der Waals surface area contributed by atoms with Crippen LogP contribution in [0.25, 0.3) is 10.2 Å². The highest BCUT2D eigenvalue weighted by Crippen LogP contribution is 2.27. The molecule has 1 aromatic heterocycles. The number of benzene rings is 1. The molecule has 0 fully saturated rings. The van der Waals surface area contributed by atoms with E-state index in [-0.39, 0.29) is 5.56 Å². The summed E-state index contributed by atoms with van der Waals surface area (Å²) in [6, 6.07) is 4.41. The molecule has 1 aromatic carbocycles. The van der Waals surface area contributed by atoms with Gasteiger partial charge >= 0.3 is 0 Å². The minimum absolute atomic E-state index is 0.00512. The van der Waals surface area contributed by atoms with E-state index in [2.05, 4.69) is 4.98 Å². The summed E-state index contributed by atoms with van der Waals surface area (Å²) in [5.41, 5.74) is 0.558. The van der Waals surface area contributed by atoms with E-state index in [0.717, 1.165) is 0 Å². The van der Waals surface area contributed by atoms with Crippen molar-refractivity contribution in [3.63, 3.8) is 0 Å². The summed E-state index contributed by atoms with van der Waals surface area (Å²) in [5, 5.41) is 8.54. The third kappa shape index (κ3) is 1.37. The second-order valence-corrected chi connectivity index (χ2v) is 3.99. The van der Waals surface area contributed by atoms with Crippen molar-refractivity contribution in [2.75, 3.05) is 0 Å². The standard InChI is InChI=1S/C8H2ClFN2S/c9-8-12-6-1-4(3-11)5(10)2-7(6)13-8/h1-2H. The topological polar surface area (TPSA) is 36.7 Å². The Kier molecular flexibility index (Phi) is 1.91. The fourth-order valence-electron chi connectivity index (χ4n) is 1.01. The summed E-state index contributed by atoms with van der Waals surface area (Å²) < 4.78 is 14.0. The zero-order valence-corrected chi connectivity index (χ0v) is 7.79. The molecule has 64 valence electrons. The first-order chi connectivity index (χ1) is 6.20. The molecule has 5 heteroatoms. The monoisotopic (exact) mass is 212 g/mol.